The van der Waals surface area contributed by atoms with Gasteiger partial charge in [0.2, 0.25) is 14.8 Å². The van der Waals surface area contributed by atoms with Crippen molar-refractivity contribution in [1.29, 1.82) is 0 Å². The molecule has 0 saturated carbocycles. The van der Waals surface area contributed by atoms with Crippen molar-refractivity contribution in [1.82, 2.24) is 15.0 Å². The zero-order valence-corrected chi connectivity index (χ0v) is 18.8. The van der Waals surface area contributed by atoms with Crippen LogP contribution in [0.25, 0.3) is 10.9 Å². The first kappa shape index (κ1) is 23.0. The number of para-hydroxylation sites is 1. The van der Waals surface area contributed by atoms with E-state index in [0.29, 0.717) is 5.56 Å². The van der Waals surface area contributed by atoms with Crippen molar-refractivity contribution in [2.75, 3.05) is 0 Å². The number of aliphatic hydroxyl groups is 1. The predicted octanol–water partition coefficient (Wildman–Crippen LogP) is 4.12. The van der Waals surface area contributed by atoms with Crippen LogP contribution >= 0.6 is 0 Å². The lowest BCUT2D eigenvalue weighted by Crippen LogP contribution is -2.37. The van der Waals surface area contributed by atoms with Crippen molar-refractivity contribution in [3.8, 4) is 0 Å². The van der Waals surface area contributed by atoms with Crippen LogP contribution in [-0.2, 0) is 14.8 Å². The largest absolute Gasteiger partial charge is 0.366 e. The summed E-state index contributed by atoms with van der Waals surface area (Å²) in [5, 5.41) is 12.4. The monoisotopic (exact) mass is 471 g/mol. The number of nitrogens with zero attached hydrogens (tertiary/aromatic N) is 2. The van der Waals surface area contributed by atoms with Gasteiger partial charge in [-0.3, -0.25) is 14.8 Å². The Kier molecular flexibility index (Phi) is 6.62. The summed E-state index contributed by atoms with van der Waals surface area (Å²) >= 11 is 0. The van der Waals surface area contributed by atoms with Crippen molar-refractivity contribution in [2.45, 2.75) is 9.83 Å². The maximum atomic E-state index is 13.4. The van der Waals surface area contributed by atoms with Gasteiger partial charge in [0, 0.05) is 41.4 Å². The Balaban J connectivity index is 0.000000291. The van der Waals surface area contributed by atoms with Gasteiger partial charge in [-0.05, 0) is 47.9 Å². The normalized spacial score (nSPS) is 12.9. The van der Waals surface area contributed by atoms with Gasteiger partial charge in [0.25, 0.3) is 0 Å². The molecule has 1 unspecified atom stereocenters. The summed E-state index contributed by atoms with van der Waals surface area (Å²) in [7, 11) is -4.17. The summed E-state index contributed by atoms with van der Waals surface area (Å²) in [6.07, 6.45) is 6.82. The molecule has 0 amide bonds. The van der Waals surface area contributed by atoms with E-state index < -0.39 is 14.8 Å². The van der Waals surface area contributed by atoms with E-state index in [-0.39, 0.29) is 16.2 Å². The van der Waals surface area contributed by atoms with Crippen molar-refractivity contribution in [2.24, 2.45) is 0 Å². The fourth-order valence-corrected chi connectivity index (χ4v) is 5.18. The molecule has 0 aliphatic heterocycles. The van der Waals surface area contributed by atoms with E-state index in [1.54, 1.807) is 54.7 Å². The third-order valence-corrected chi connectivity index (χ3v) is 7.34. The number of benzene rings is 2. The molecule has 170 valence electrons. The topological polar surface area (TPSA) is 113 Å². The number of carbonyl (C=O) groups is 1. The Morgan fingerprint density at radius 1 is 0.824 bits per heavy atom. The highest BCUT2D eigenvalue weighted by molar-refractivity contribution is 7.92. The number of carbonyl (C=O) groups excluding carboxylic acids is 1. The van der Waals surface area contributed by atoms with Gasteiger partial charge in [0.15, 0.2) is 6.29 Å². The third-order valence-electron chi connectivity index (χ3n) is 5.21. The van der Waals surface area contributed by atoms with Crippen LogP contribution in [0.2, 0.25) is 0 Å². The first-order valence-electron chi connectivity index (χ1n) is 10.3. The molecule has 2 N–H and O–H groups in total. The van der Waals surface area contributed by atoms with Crippen molar-refractivity contribution in [3.05, 3.63) is 127 Å². The second-order valence-corrected chi connectivity index (χ2v) is 9.45. The molecule has 0 radical (unpaired) electrons. The minimum absolute atomic E-state index is 0.0324. The van der Waals surface area contributed by atoms with Gasteiger partial charge in [-0.1, -0.05) is 42.5 Å². The van der Waals surface area contributed by atoms with E-state index in [0.717, 1.165) is 17.2 Å². The number of aromatic amines is 1. The lowest BCUT2D eigenvalue weighted by Gasteiger charge is -2.27. The second kappa shape index (κ2) is 9.78. The number of fused-ring (bicyclic) bond motifs is 1. The number of aldehydes is 1. The Morgan fingerprint density at radius 3 is 2.09 bits per heavy atom. The van der Waals surface area contributed by atoms with E-state index in [4.69, 9.17) is 0 Å². The SMILES string of the molecule is O=Cc1cccnc1.O=S(=O)(c1ccccc1)C(O)(c1cccnc1)c1cc2ccccc2[nH]1. The molecule has 3 heterocycles. The molecule has 0 aliphatic carbocycles. The maximum Gasteiger partial charge on any atom is 0.238 e. The summed E-state index contributed by atoms with van der Waals surface area (Å²) in [5.41, 5.74) is 1.71. The van der Waals surface area contributed by atoms with Crippen molar-refractivity contribution < 1.29 is 18.3 Å². The third kappa shape index (κ3) is 4.36. The van der Waals surface area contributed by atoms with E-state index in [9.17, 15) is 18.3 Å². The number of sulfone groups is 1. The Labute approximate surface area is 196 Å². The Bertz CT molecular complexity index is 1460. The average molecular weight is 472 g/mol. The first-order chi connectivity index (χ1) is 16.5. The highest BCUT2D eigenvalue weighted by Gasteiger charge is 2.47. The number of hydrogen-bond acceptors (Lipinski definition) is 6. The van der Waals surface area contributed by atoms with Crippen LogP contribution in [0.4, 0.5) is 0 Å². The molecule has 0 saturated heterocycles. The number of rotatable bonds is 5. The molecular weight excluding hydrogens is 450 g/mol. The van der Waals surface area contributed by atoms with E-state index in [1.165, 1.54) is 30.7 Å². The van der Waals surface area contributed by atoms with Crippen LogP contribution in [0.1, 0.15) is 21.6 Å². The first-order valence-corrected chi connectivity index (χ1v) is 11.8. The highest BCUT2D eigenvalue weighted by atomic mass is 32.2. The quantitative estimate of drug-likeness (QED) is 0.373. The molecule has 5 aromatic rings. The molecule has 0 fully saturated rings. The molecule has 0 spiro atoms. The predicted molar refractivity (Wildman–Crippen MR) is 129 cm³/mol. The van der Waals surface area contributed by atoms with E-state index >= 15 is 0 Å². The molecular formula is C26H21N3O4S. The molecule has 5 rings (SSSR count). The Morgan fingerprint density at radius 2 is 1.50 bits per heavy atom. The van der Waals surface area contributed by atoms with Gasteiger partial charge < -0.3 is 10.1 Å². The van der Waals surface area contributed by atoms with Gasteiger partial charge in [-0.15, -0.1) is 0 Å². The lowest BCUT2D eigenvalue weighted by atomic mass is 10.1. The van der Waals surface area contributed by atoms with Crippen LogP contribution in [-0.4, -0.2) is 34.8 Å². The number of H-pyrrole nitrogens is 1. The molecule has 2 aromatic carbocycles. The summed E-state index contributed by atoms with van der Waals surface area (Å²) < 4.78 is 26.9. The van der Waals surface area contributed by atoms with Gasteiger partial charge in [0.05, 0.1) is 10.6 Å². The van der Waals surface area contributed by atoms with E-state index in [1.807, 2.05) is 24.3 Å². The highest BCUT2D eigenvalue weighted by Crippen LogP contribution is 2.39. The number of nitrogens with one attached hydrogen (secondary N) is 1. The van der Waals surface area contributed by atoms with Crippen LogP contribution in [0.5, 0.6) is 0 Å². The van der Waals surface area contributed by atoms with Crippen molar-refractivity contribution in [3.63, 3.8) is 0 Å². The molecule has 8 heteroatoms. The number of aromatic nitrogens is 3. The summed E-state index contributed by atoms with van der Waals surface area (Å²) in [4.78, 5) is 18.5. The molecule has 3 aromatic heterocycles. The summed E-state index contributed by atoms with van der Waals surface area (Å²) in [6.45, 7) is 0. The van der Waals surface area contributed by atoms with Gasteiger partial charge in [-0.25, -0.2) is 8.42 Å². The lowest BCUT2D eigenvalue weighted by molar-refractivity contribution is 0.112. The minimum Gasteiger partial charge on any atom is -0.366 e. The standard InChI is InChI=1S/C20H16N2O3S.C6H5NO/c23-20(16-8-6-12-21-14-16,26(24,25)17-9-2-1-3-10-17)19-13-15-7-4-5-11-18(15)22-19;8-5-6-2-1-3-7-4-6/h1-14,22-23H;1-5H. The fraction of sp³-hybridized carbons (Fsp3) is 0.0385. The van der Waals surface area contributed by atoms with Gasteiger partial charge in [0.1, 0.15) is 0 Å². The van der Waals surface area contributed by atoms with Gasteiger partial charge in [-0.2, -0.15) is 0 Å². The number of pyridine rings is 2. The van der Waals surface area contributed by atoms with Crippen LogP contribution in [0, 0.1) is 0 Å². The summed E-state index contributed by atoms with van der Waals surface area (Å²) in [5.74, 6) is 0. The fourth-order valence-electron chi connectivity index (χ4n) is 3.49. The van der Waals surface area contributed by atoms with Crippen LogP contribution < -0.4 is 0 Å². The van der Waals surface area contributed by atoms with Crippen LogP contribution in [0.15, 0.2) is 115 Å². The average Bonchev–Trinajstić information content (AvgIpc) is 3.35. The van der Waals surface area contributed by atoms with Crippen molar-refractivity contribution >= 4 is 27.0 Å². The molecule has 0 bridgehead atoms. The molecule has 7 nitrogen and oxygen atoms in total. The number of hydrogen-bond donors (Lipinski definition) is 2. The molecule has 1 atom stereocenters. The zero-order chi connectivity index (χ0) is 24.0. The molecule has 0 aliphatic rings. The van der Waals surface area contributed by atoms with E-state index in [2.05, 4.69) is 15.0 Å². The minimum atomic E-state index is -4.17. The van der Waals surface area contributed by atoms with Crippen LogP contribution in [0.3, 0.4) is 0 Å². The summed E-state index contributed by atoms with van der Waals surface area (Å²) in [6, 6.07) is 23.6. The smallest absolute Gasteiger partial charge is 0.238 e. The van der Waals surface area contributed by atoms with Gasteiger partial charge >= 0.3 is 0 Å². The maximum absolute atomic E-state index is 13.4. The zero-order valence-electron chi connectivity index (χ0n) is 17.9. The molecule has 34 heavy (non-hydrogen) atoms. The Hall–Kier alpha value is -4.14. The second-order valence-electron chi connectivity index (χ2n) is 7.38.